The molecule has 7 rings (SSSR count). The van der Waals surface area contributed by atoms with E-state index in [0.29, 0.717) is 17.4 Å². The van der Waals surface area contributed by atoms with Gasteiger partial charge < -0.3 is 29.7 Å². The van der Waals surface area contributed by atoms with E-state index in [2.05, 4.69) is 21.2 Å². The van der Waals surface area contributed by atoms with Gasteiger partial charge in [0.1, 0.15) is 6.04 Å². The van der Waals surface area contributed by atoms with Crippen molar-refractivity contribution in [2.24, 2.45) is 0 Å². The molecule has 0 bridgehead atoms. The largest absolute Gasteiger partial charge is 0.471 e. The predicted octanol–water partition coefficient (Wildman–Crippen LogP) is 6.12. The molecular weight excluding hydrogens is 685 g/mol. The first kappa shape index (κ1) is 37.5. The summed E-state index contributed by atoms with van der Waals surface area (Å²) >= 11 is 0. The number of aliphatic hydroxyl groups excluding tert-OH is 1. The highest BCUT2D eigenvalue weighted by Crippen LogP contribution is 2.40. The van der Waals surface area contributed by atoms with E-state index in [4.69, 9.17) is 9.47 Å². The summed E-state index contributed by atoms with van der Waals surface area (Å²) in [6, 6.07) is 23.0. The van der Waals surface area contributed by atoms with Crippen molar-refractivity contribution in [1.82, 2.24) is 20.0 Å². The fraction of sp³-hybridized carbons (Fsp3) is 0.512. The number of alkyl halides is 3. The zero-order chi connectivity index (χ0) is 37.0. The Balaban J connectivity index is 1.05. The molecule has 0 radical (unpaired) electrons. The molecule has 0 aliphatic carbocycles. The van der Waals surface area contributed by atoms with Crippen LogP contribution < -0.4 is 5.32 Å². The van der Waals surface area contributed by atoms with Crippen LogP contribution >= 0.6 is 0 Å². The number of rotatable bonds is 11. The molecule has 4 fully saturated rings. The van der Waals surface area contributed by atoms with Gasteiger partial charge in [-0.3, -0.25) is 14.5 Å². The van der Waals surface area contributed by atoms with Crippen molar-refractivity contribution in [3.05, 3.63) is 95.1 Å². The van der Waals surface area contributed by atoms with E-state index in [1.54, 1.807) is 0 Å². The third-order valence-electron chi connectivity index (χ3n) is 11.2. The summed E-state index contributed by atoms with van der Waals surface area (Å²) in [7, 11) is 0. The highest BCUT2D eigenvalue weighted by Gasteiger charge is 2.47. The number of nitrogens with zero attached hydrogens (tertiary/aromatic N) is 3. The van der Waals surface area contributed by atoms with Crippen LogP contribution in [0.25, 0.3) is 11.1 Å². The number of hydrogen-bond acceptors (Lipinski definition) is 7. The van der Waals surface area contributed by atoms with E-state index in [1.165, 1.54) is 38.8 Å². The number of carbonyl (C=O) groups excluding carboxylic acids is 2. The third kappa shape index (κ3) is 9.12. The molecule has 3 aromatic rings. The second kappa shape index (κ2) is 16.7. The smallest absolute Gasteiger partial charge is 0.392 e. The molecule has 284 valence electrons. The number of benzene rings is 3. The van der Waals surface area contributed by atoms with E-state index in [9.17, 15) is 27.9 Å². The maximum absolute atomic E-state index is 13.1. The molecule has 12 heteroatoms. The van der Waals surface area contributed by atoms with Crippen LogP contribution in [0.1, 0.15) is 79.6 Å². The molecule has 0 aromatic heterocycles. The molecule has 4 saturated heterocycles. The molecule has 2 N–H and O–H groups in total. The lowest BCUT2D eigenvalue weighted by Crippen LogP contribution is -2.50. The van der Waals surface area contributed by atoms with Gasteiger partial charge in [0.15, 0.2) is 6.29 Å². The SMILES string of the molecule is O=C(NCc1cccc(-c2cccc([C@@H]3O[C@H](CN4CCC[C@H]4CN4CCCC4)C[C@H](c4ccc(CO)cc4)O3)c2)c1)[C@@H]1CCCN1C(=O)C(F)(F)F. The van der Waals surface area contributed by atoms with E-state index in [-0.39, 0.29) is 38.3 Å². The third-order valence-corrected chi connectivity index (χ3v) is 11.2. The fourth-order valence-electron chi connectivity index (χ4n) is 8.38. The highest BCUT2D eigenvalue weighted by molar-refractivity contribution is 5.90. The van der Waals surface area contributed by atoms with Gasteiger partial charge in [0.05, 0.1) is 18.8 Å². The van der Waals surface area contributed by atoms with Crippen LogP contribution in [0.3, 0.4) is 0 Å². The number of amides is 2. The van der Waals surface area contributed by atoms with Crippen LogP contribution in [0.5, 0.6) is 0 Å². The lowest BCUT2D eigenvalue weighted by Gasteiger charge is -2.39. The second-order valence-electron chi connectivity index (χ2n) is 14.8. The zero-order valence-electron chi connectivity index (χ0n) is 30.0. The van der Waals surface area contributed by atoms with Crippen molar-refractivity contribution in [1.29, 1.82) is 0 Å². The Kier molecular flexibility index (Phi) is 11.8. The maximum Gasteiger partial charge on any atom is 0.471 e. The summed E-state index contributed by atoms with van der Waals surface area (Å²) < 4.78 is 52.7. The lowest BCUT2D eigenvalue weighted by molar-refractivity contribution is -0.253. The number of halogens is 3. The molecule has 4 heterocycles. The number of ether oxygens (including phenoxy) is 2. The molecule has 0 unspecified atom stereocenters. The van der Waals surface area contributed by atoms with E-state index in [0.717, 1.165) is 59.4 Å². The summed E-state index contributed by atoms with van der Waals surface area (Å²) in [6.07, 6.45) is 0.360. The Hall–Kier alpha value is -3.81. The van der Waals surface area contributed by atoms with Gasteiger partial charge in [-0.25, -0.2) is 0 Å². The van der Waals surface area contributed by atoms with Gasteiger partial charge in [0.25, 0.3) is 0 Å². The van der Waals surface area contributed by atoms with E-state index in [1.807, 2.05) is 66.7 Å². The van der Waals surface area contributed by atoms with E-state index < -0.39 is 30.3 Å². The van der Waals surface area contributed by atoms with E-state index >= 15 is 0 Å². The minimum Gasteiger partial charge on any atom is -0.392 e. The van der Waals surface area contributed by atoms with Crippen molar-refractivity contribution in [2.75, 3.05) is 39.3 Å². The second-order valence-corrected chi connectivity index (χ2v) is 14.8. The first-order valence-electron chi connectivity index (χ1n) is 19.0. The number of likely N-dealkylation sites (tertiary alicyclic amines) is 3. The van der Waals surface area contributed by atoms with Crippen LogP contribution in [0.15, 0.2) is 72.8 Å². The van der Waals surface area contributed by atoms with Gasteiger partial charge in [-0.15, -0.1) is 0 Å². The normalized spacial score (nSPS) is 25.6. The average Bonchev–Trinajstić information content (AvgIpc) is 3.97. The zero-order valence-corrected chi connectivity index (χ0v) is 30.0. The van der Waals surface area contributed by atoms with Gasteiger partial charge in [0.2, 0.25) is 5.91 Å². The monoisotopic (exact) mass is 734 g/mol. The molecule has 0 spiro atoms. The summed E-state index contributed by atoms with van der Waals surface area (Å²) in [6.45, 7) is 5.39. The van der Waals surface area contributed by atoms with Crippen molar-refractivity contribution in [3.63, 3.8) is 0 Å². The molecule has 5 atom stereocenters. The van der Waals surface area contributed by atoms with Gasteiger partial charge in [0, 0.05) is 44.2 Å². The quantitative estimate of drug-likeness (QED) is 0.245. The summed E-state index contributed by atoms with van der Waals surface area (Å²) in [5.74, 6) is -2.57. The minimum absolute atomic E-state index is 0.0179. The van der Waals surface area contributed by atoms with Crippen LogP contribution in [0.4, 0.5) is 13.2 Å². The number of hydrogen-bond donors (Lipinski definition) is 2. The lowest BCUT2D eigenvalue weighted by atomic mass is 9.98. The Morgan fingerprint density at radius 1 is 0.792 bits per heavy atom. The summed E-state index contributed by atoms with van der Waals surface area (Å²) in [5, 5.41) is 12.4. The predicted molar refractivity (Wildman–Crippen MR) is 193 cm³/mol. The van der Waals surface area contributed by atoms with Gasteiger partial charge >= 0.3 is 12.1 Å². The van der Waals surface area contributed by atoms with Gasteiger partial charge in [-0.05, 0) is 98.1 Å². The average molecular weight is 735 g/mol. The van der Waals surface area contributed by atoms with Crippen molar-refractivity contribution < 1.29 is 37.3 Å². The molecule has 2 amide bonds. The Morgan fingerprint density at radius 3 is 2.28 bits per heavy atom. The number of nitrogens with one attached hydrogen (secondary N) is 1. The van der Waals surface area contributed by atoms with Crippen molar-refractivity contribution in [3.8, 4) is 11.1 Å². The van der Waals surface area contributed by atoms with Gasteiger partial charge in [-0.2, -0.15) is 13.2 Å². The molecule has 3 aromatic carbocycles. The Labute approximate surface area is 309 Å². The van der Waals surface area contributed by atoms with Crippen molar-refractivity contribution in [2.45, 2.75) is 94.9 Å². The Bertz CT molecular complexity index is 1720. The topological polar surface area (TPSA) is 94.6 Å². The fourth-order valence-corrected chi connectivity index (χ4v) is 8.38. The van der Waals surface area contributed by atoms with Crippen LogP contribution in [-0.4, -0.2) is 95.3 Å². The summed E-state index contributed by atoms with van der Waals surface area (Å²) in [5.41, 5.74) is 5.38. The van der Waals surface area contributed by atoms with Crippen LogP contribution in [0, 0.1) is 0 Å². The molecule has 4 aliphatic heterocycles. The highest BCUT2D eigenvalue weighted by atomic mass is 19.4. The number of carbonyl (C=O) groups is 2. The molecule has 4 aliphatic rings. The first-order valence-corrected chi connectivity index (χ1v) is 19.0. The first-order chi connectivity index (χ1) is 25.6. The van der Waals surface area contributed by atoms with Gasteiger partial charge in [-0.1, -0.05) is 60.7 Å². The molecular formula is C41H49F3N4O5. The Morgan fingerprint density at radius 2 is 1.53 bits per heavy atom. The summed E-state index contributed by atoms with van der Waals surface area (Å²) in [4.78, 5) is 30.6. The van der Waals surface area contributed by atoms with Crippen molar-refractivity contribution >= 4 is 11.8 Å². The number of aliphatic hydroxyl groups is 1. The standard InChI is InChI=1S/C41H49F3N4O5/c42-41(43,44)40(51)48-20-6-12-36(48)38(50)45-24-29-7-3-8-31(21-29)32-9-4-10-33(22-32)39-52-35(23-37(53-39)30-15-13-28(27-49)14-16-30)26-47-19-5-11-34(47)25-46-17-1-2-18-46/h3-4,7-10,13-16,21-22,34-37,39,49H,1-2,5-6,11-12,17-20,23-27H2,(H,45,50)/t34-,35-,36-,37+,39+/m0/s1. The molecule has 9 nitrogen and oxygen atoms in total. The molecule has 0 saturated carbocycles. The van der Waals surface area contributed by atoms with Crippen LogP contribution in [0.2, 0.25) is 0 Å². The van der Waals surface area contributed by atoms with Crippen LogP contribution in [-0.2, 0) is 32.2 Å². The maximum atomic E-state index is 13.1. The molecule has 53 heavy (non-hydrogen) atoms. The minimum atomic E-state index is -5.02.